The molecular formula is C13H23N. The number of hydrogen-bond acceptors (Lipinski definition) is 1. The molecule has 1 saturated heterocycles. The summed E-state index contributed by atoms with van der Waals surface area (Å²) in [4.78, 5) is 2.50. The van der Waals surface area contributed by atoms with Crippen LogP contribution < -0.4 is 0 Å². The first-order valence-electron chi connectivity index (χ1n) is 6.08. The molecule has 80 valence electrons. The van der Waals surface area contributed by atoms with Gasteiger partial charge in [0.1, 0.15) is 0 Å². The van der Waals surface area contributed by atoms with Gasteiger partial charge in [0.15, 0.2) is 0 Å². The summed E-state index contributed by atoms with van der Waals surface area (Å²) in [5.74, 6) is 2.96. The summed E-state index contributed by atoms with van der Waals surface area (Å²) in [5.41, 5.74) is 0. The Morgan fingerprint density at radius 1 is 1.21 bits per heavy atom. The maximum atomic E-state index is 5.59. The molecule has 0 bridgehead atoms. The lowest BCUT2D eigenvalue weighted by molar-refractivity contribution is 0.187. The summed E-state index contributed by atoms with van der Waals surface area (Å²) in [6.07, 6.45) is 14.8. The summed E-state index contributed by atoms with van der Waals surface area (Å²) in [6.45, 7) is 4.69. The molecule has 1 nitrogen and oxygen atoms in total. The minimum atomic E-state index is 0.418. The van der Waals surface area contributed by atoms with Crippen LogP contribution >= 0.6 is 0 Å². The monoisotopic (exact) mass is 193 g/mol. The molecule has 14 heavy (non-hydrogen) atoms. The smallest absolute Gasteiger partial charge is 0.0711 e. The predicted octanol–water partition coefficient (Wildman–Crippen LogP) is 3.05. The van der Waals surface area contributed by atoms with Crippen LogP contribution in [-0.2, 0) is 0 Å². The fourth-order valence-electron chi connectivity index (χ4n) is 2.19. The molecule has 0 aromatic carbocycles. The van der Waals surface area contributed by atoms with E-state index in [9.17, 15) is 0 Å². The highest BCUT2D eigenvalue weighted by Crippen LogP contribution is 2.15. The van der Waals surface area contributed by atoms with Gasteiger partial charge in [0.05, 0.1) is 6.04 Å². The predicted molar refractivity (Wildman–Crippen MR) is 62.2 cm³/mol. The highest BCUT2D eigenvalue weighted by Gasteiger charge is 2.17. The third-order valence-corrected chi connectivity index (χ3v) is 3.10. The Hall–Kier alpha value is -0.480. The second-order valence-electron chi connectivity index (χ2n) is 4.27. The molecule has 1 atom stereocenters. The van der Waals surface area contributed by atoms with E-state index in [1.165, 1.54) is 58.0 Å². The van der Waals surface area contributed by atoms with E-state index in [1.807, 2.05) is 0 Å². The molecule has 1 heterocycles. The first-order chi connectivity index (χ1) is 6.88. The van der Waals surface area contributed by atoms with Crippen molar-refractivity contribution in [2.24, 2.45) is 0 Å². The zero-order valence-corrected chi connectivity index (χ0v) is 9.47. The van der Waals surface area contributed by atoms with Gasteiger partial charge in [-0.05, 0) is 32.4 Å². The van der Waals surface area contributed by atoms with Crippen LogP contribution in [0.3, 0.4) is 0 Å². The highest BCUT2D eigenvalue weighted by atomic mass is 15.1. The van der Waals surface area contributed by atoms with Crippen LogP contribution in [0.5, 0.6) is 0 Å². The Bertz CT molecular complexity index is 174. The first-order valence-corrected chi connectivity index (χ1v) is 6.08. The molecule has 0 N–H and O–H groups in total. The zero-order chi connectivity index (χ0) is 10.2. The first kappa shape index (κ1) is 11.6. The maximum Gasteiger partial charge on any atom is 0.0711 e. The van der Waals surface area contributed by atoms with Gasteiger partial charge < -0.3 is 0 Å². The fourth-order valence-corrected chi connectivity index (χ4v) is 2.19. The van der Waals surface area contributed by atoms with Gasteiger partial charge in [0.2, 0.25) is 0 Å². The Kier molecular flexibility index (Phi) is 5.71. The van der Waals surface area contributed by atoms with E-state index >= 15 is 0 Å². The van der Waals surface area contributed by atoms with E-state index in [2.05, 4.69) is 17.7 Å². The van der Waals surface area contributed by atoms with E-state index < -0.39 is 0 Å². The van der Waals surface area contributed by atoms with Crippen LogP contribution in [0.15, 0.2) is 0 Å². The lowest BCUT2D eigenvalue weighted by Gasteiger charge is -2.31. The number of terminal acetylenes is 1. The minimum absolute atomic E-state index is 0.418. The Labute approximate surface area is 88.9 Å². The molecule has 1 unspecified atom stereocenters. The molecule has 1 heteroatoms. The second kappa shape index (κ2) is 6.90. The van der Waals surface area contributed by atoms with E-state index in [-0.39, 0.29) is 0 Å². The number of hydrogen-bond donors (Lipinski definition) is 0. The largest absolute Gasteiger partial charge is 0.290 e. The molecule has 1 aliphatic heterocycles. The van der Waals surface area contributed by atoms with Crippen molar-refractivity contribution in [1.29, 1.82) is 0 Å². The van der Waals surface area contributed by atoms with Crippen LogP contribution in [0.1, 0.15) is 51.9 Å². The third kappa shape index (κ3) is 3.72. The van der Waals surface area contributed by atoms with Gasteiger partial charge in [-0.15, -0.1) is 6.42 Å². The lowest BCUT2D eigenvalue weighted by Crippen LogP contribution is -2.38. The number of unbranched alkanes of at least 4 members (excludes halogenated alkanes) is 2. The number of likely N-dealkylation sites (tertiary alicyclic amines) is 1. The van der Waals surface area contributed by atoms with E-state index in [4.69, 9.17) is 6.42 Å². The molecule has 1 rings (SSSR count). The standard InChI is InChI=1S/C13H23N/c1-3-5-7-10-13(4-2)14-11-8-6-9-12-14/h2,13H,3,5-12H2,1H3. The summed E-state index contributed by atoms with van der Waals surface area (Å²) in [7, 11) is 0. The molecule has 0 saturated carbocycles. The van der Waals surface area contributed by atoms with Gasteiger partial charge in [-0.1, -0.05) is 38.5 Å². The van der Waals surface area contributed by atoms with Gasteiger partial charge in [-0.3, -0.25) is 4.90 Å². The van der Waals surface area contributed by atoms with Crippen molar-refractivity contribution in [2.75, 3.05) is 13.1 Å². The lowest BCUT2D eigenvalue weighted by atomic mass is 10.0. The quantitative estimate of drug-likeness (QED) is 0.479. The Morgan fingerprint density at radius 2 is 1.93 bits per heavy atom. The van der Waals surface area contributed by atoms with Gasteiger partial charge in [0.25, 0.3) is 0 Å². The molecule has 0 amide bonds. The molecule has 0 aromatic heterocycles. The topological polar surface area (TPSA) is 3.24 Å². The average Bonchev–Trinajstić information content (AvgIpc) is 2.26. The van der Waals surface area contributed by atoms with Crippen molar-refractivity contribution in [2.45, 2.75) is 57.9 Å². The minimum Gasteiger partial charge on any atom is -0.290 e. The van der Waals surface area contributed by atoms with Crippen LogP contribution in [0, 0.1) is 12.3 Å². The molecule has 0 aliphatic carbocycles. The SMILES string of the molecule is C#CC(CCCCC)N1CCCCC1. The molecule has 0 aromatic rings. The van der Waals surface area contributed by atoms with Gasteiger partial charge in [0, 0.05) is 0 Å². The summed E-state index contributed by atoms with van der Waals surface area (Å²) >= 11 is 0. The summed E-state index contributed by atoms with van der Waals surface area (Å²) < 4.78 is 0. The molecule has 1 aliphatic rings. The normalized spacial score (nSPS) is 20.3. The van der Waals surface area contributed by atoms with Crippen molar-refractivity contribution in [3.63, 3.8) is 0 Å². The van der Waals surface area contributed by atoms with Crippen molar-refractivity contribution in [1.82, 2.24) is 4.90 Å². The van der Waals surface area contributed by atoms with Gasteiger partial charge in [-0.25, -0.2) is 0 Å². The highest BCUT2D eigenvalue weighted by molar-refractivity contribution is 5.00. The van der Waals surface area contributed by atoms with Crippen molar-refractivity contribution in [3.8, 4) is 12.3 Å². The van der Waals surface area contributed by atoms with Crippen molar-refractivity contribution >= 4 is 0 Å². The van der Waals surface area contributed by atoms with Crippen LogP contribution in [0.4, 0.5) is 0 Å². The third-order valence-electron chi connectivity index (χ3n) is 3.10. The fraction of sp³-hybridized carbons (Fsp3) is 0.846. The summed E-state index contributed by atoms with van der Waals surface area (Å²) in [5, 5.41) is 0. The van der Waals surface area contributed by atoms with Gasteiger partial charge in [-0.2, -0.15) is 0 Å². The van der Waals surface area contributed by atoms with Crippen LogP contribution in [0.2, 0.25) is 0 Å². The molecule has 0 radical (unpaired) electrons. The van der Waals surface area contributed by atoms with Crippen LogP contribution in [-0.4, -0.2) is 24.0 Å². The van der Waals surface area contributed by atoms with Crippen molar-refractivity contribution in [3.05, 3.63) is 0 Å². The van der Waals surface area contributed by atoms with Crippen LogP contribution in [0.25, 0.3) is 0 Å². The van der Waals surface area contributed by atoms with Crippen molar-refractivity contribution < 1.29 is 0 Å². The Balaban J connectivity index is 2.25. The summed E-state index contributed by atoms with van der Waals surface area (Å²) in [6, 6.07) is 0.418. The van der Waals surface area contributed by atoms with E-state index in [1.54, 1.807) is 0 Å². The van der Waals surface area contributed by atoms with E-state index in [0.29, 0.717) is 6.04 Å². The number of rotatable bonds is 5. The maximum absolute atomic E-state index is 5.59. The molecular weight excluding hydrogens is 170 g/mol. The zero-order valence-electron chi connectivity index (χ0n) is 9.47. The Morgan fingerprint density at radius 3 is 2.50 bits per heavy atom. The second-order valence-corrected chi connectivity index (χ2v) is 4.27. The average molecular weight is 193 g/mol. The number of nitrogens with zero attached hydrogens (tertiary/aromatic N) is 1. The van der Waals surface area contributed by atoms with E-state index in [0.717, 1.165) is 0 Å². The molecule has 1 fully saturated rings. The molecule has 0 spiro atoms. The van der Waals surface area contributed by atoms with Gasteiger partial charge >= 0.3 is 0 Å². The number of piperidine rings is 1.